The molecule has 1 saturated carbocycles. The van der Waals surface area contributed by atoms with Gasteiger partial charge in [0.25, 0.3) is 0 Å². The molecule has 10 aliphatic heterocycles. The Morgan fingerprint density at radius 2 is 0.560 bits per heavy atom. The van der Waals surface area contributed by atoms with Gasteiger partial charge in [0.1, 0.15) is 18.3 Å². The molecule has 91 heavy (non-hydrogen) atoms. The summed E-state index contributed by atoms with van der Waals surface area (Å²) in [4.78, 5) is 0. The topological polar surface area (TPSA) is 199 Å². The molecule has 20 heteroatoms. The monoisotopic (exact) mass is 1300 g/mol. The number of rotatable bonds is 45. The molecule has 0 spiro atoms. The van der Waals surface area contributed by atoms with E-state index < -0.39 is 6.10 Å². The number of hydrogen-bond acceptors (Lipinski definition) is 20. The van der Waals surface area contributed by atoms with Gasteiger partial charge in [-0.3, -0.25) is 0 Å². The van der Waals surface area contributed by atoms with Gasteiger partial charge in [-0.1, -0.05) is 62.3 Å². The smallest absolute Gasteiger partial charge is 0.104 e. The van der Waals surface area contributed by atoms with Gasteiger partial charge in [-0.15, -0.1) is 0 Å². The van der Waals surface area contributed by atoms with Crippen molar-refractivity contribution < 1.29 is 95.1 Å². The van der Waals surface area contributed by atoms with Crippen molar-refractivity contribution in [1.29, 1.82) is 0 Å². The van der Waals surface area contributed by atoms with Crippen LogP contribution in [0.2, 0.25) is 0 Å². The lowest BCUT2D eigenvalue weighted by Gasteiger charge is -2.44. The van der Waals surface area contributed by atoms with Crippen molar-refractivity contribution in [3.63, 3.8) is 0 Å². The van der Waals surface area contributed by atoms with E-state index in [2.05, 4.69) is 62.3 Å². The Morgan fingerprint density at radius 1 is 0.319 bits per heavy atom. The fourth-order valence-corrected chi connectivity index (χ4v) is 11.5. The highest BCUT2D eigenvalue weighted by Crippen LogP contribution is 2.39. The number of unbranched alkanes of at least 4 members (excludes halogenated alkanes) is 1. The van der Waals surface area contributed by atoms with Crippen LogP contribution in [-0.2, 0) is 90.0 Å². The third kappa shape index (κ3) is 24.9. The van der Waals surface area contributed by atoms with E-state index >= 15 is 0 Å². The van der Waals surface area contributed by atoms with E-state index in [1.807, 2.05) is 0 Å². The van der Waals surface area contributed by atoms with E-state index in [4.69, 9.17) is 90.0 Å². The van der Waals surface area contributed by atoms with Crippen LogP contribution >= 0.6 is 0 Å². The average Bonchev–Trinajstić information content (AvgIpc) is 3.22. The van der Waals surface area contributed by atoms with Crippen molar-refractivity contribution >= 4 is 0 Å². The standard InChI is InChI=1S/C18H32O6.C16H30O4.C15H28O5.C12H22O3.C10H18O2/c1-3-17(11-21-12-17)9-19-5-15(23-7-16-8-24-16)6-20-10-18(4-2)13-22-14-18;1-3-15(11-19-12-15)9-17-7-5-6-8-18-10-16(4-2)13-20-14-16;1-3-14(9-19-10-14)7-17-5-13(16)6-18-8-15(4-2)11-20-12-15;1-3-11(5-13-6-11)9-15-10-12(4-2)7-14-8-12;1-2-10(7-12-8-10)6-11-5-9-3-4-9/h15-16H,3-14H2,1-2H3;3-14H2,1-2H3;13,16H,3-12H2,1-2H3;3-10H2,1-2H3;9H,2-8H2,1H3. The van der Waals surface area contributed by atoms with Crippen LogP contribution in [0.5, 0.6) is 0 Å². The van der Waals surface area contributed by atoms with Crippen molar-refractivity contribution in [3.8, 4) is 0 Å². The van der Waals surface area contributed by atoms with Crippen LogP contribution in [-0.4, -0.2) is 261 Å². The second-order valence-corrected chi connectivity index (χ2v) is 30.0. The average molecular weight is 1300 g/mol. The van der Waals surface area contributed by atoms with Crippen molar-refractivity contribution in [2.75, 3.05) is 238 Å². The van der Waals surface area contributed by atoms with Crippen LogP contribution in [0.25, 0.3) is 0 Å². The molecule has 20 nitrogen and oxygen atoms in total. The summed E-state index contributed by atoms with van der Waals surface area (Å²) < 4.78 is 105. The molecule has 0 aromatic rings. The Morgan fingerprint density at radius 3 is 0.791 bits per heavy atom. The summed E-state index contributed by atoms with van der Waals surface area (Å²) in [5, 5.41) is 9.86. The van der Waals surface area contributed by atoms with Crippen molar-refractivity contribution in [3.05, 3.63) is 0 Å². The van der Waals surface area contributed by atoms with Gasteiger partial charge in [0, 0.05) is 68.6 Å². The molecule has 0 radical (unpaired) electrons. The molecule has 1 N–H and O–H groups in total. The van der Waals surface area contributed by atoms with E-state index in [0.29, 0.717) is 73.3 Å². The lowest BCUT2D eigenvalue weighted by atomic mass is 9.83. The van der Waals surface area contributed by atoms with Crippen LogP contribution in [0.4, 0.5) is 0 Å². The highest BCUT2D eigenvalue weighted by molar-refractivity contribution is 4.91. The Kier molecular flexibility index (Phi) is 33.3. The van der Waals surface area contributed by atoms with Crippen LogP contribution in [0, 0.1) is 54.7 Å². The number of epoxide rings is 1. The van der Waals surface area contributed by atoms with Gasteiger partial charge in [-0.25, -0.2) is 0 Å². The zero-order valence-corrected chi connectivity index (χ0v) is 58.7. The predicted molar refractivity (Wildman–Crippen MR) is 346 cm³/mol. The summed E-state index contributed by atoms with van der Waals surface area (Å²) in [5.74, 6) is 0.889. The molecule has 0 aromatic heterocycles. The molecule has 0 bridgehead atoms. The first-order chi connectivity index (χ1) is 44.2. The maximum absolute atomic E-state index is 9.86. The Hall–Kier alpha value is -0.800. The maximum atomic E-state index is 9.86. The van der Waals surface area contributed by atoms with E-state index in [-0.39, 0.29) is 33.9 Å². The zero-order valence-electron chi connectivity index (χ0n) is 58.7. The minimum Gasteiger partial charge on any atom is -0.388 e. The summed E-state index contributed by atoms with van der Waals surface area (Å²) in [6.45, 7) is 47.9. The van der Waals surface area contributed by atoms with Crippen molar-refractivity contribution in [1.82, 2.24) is 0 Å². The number of aliphatic hydroxyl groups excluding tert-OH is 1. The SMILES string of the molecule is CCC1(COCC(COCC2(CC)COC2)OCC2CO2)COC1.CCC1(COCC(O)COCC2(CC)COC2)COC1.CCC1(COCC2(CC)COC2)COC1.CCC1(COCC2CC2)COC1.CCC1(COCCCCOCC2(CC)COC2)COC1. The molecular weight excluding hydrogens is 1170 g/mol. The number of ether oxygens (including phenoxy) is 19. The lowest BCUT2D eigenvalue weighted by Crippen LogP contribution is -2.49. The molecule has 11 aliphatic rings. The zero-order chi connectivity index (χ0) is 64.9. The Balaban J connectivity index is 0.000000164. The van der Waals surface area contributed by atoms with Crippen molar-refractivity contribution in [2.24, 2.45) is 54.7 Å². The largest absolute Gasteiger partial charge is 0.388 e. The normalized spacial score (nSPS) is 25.3. The second-order valence-electron chi connectivity index (χ2n) is 30.0. The lowest BCUT2D eigenvalue weighted by molar-refractivity contribution is -0.187. The molecule has 0 amide bonds. The summed E-state index contributed by atoms with van der Waals surface area (Å²) in [5.41, 5.74) is 2.42. The van der Waals surface area contributed by atoms with Gasteiger partial charge in [0.2, 0.25) is 0 Å². The van der Waals surface area contributed by atoms with E-state index in [1.165, 1.54) is 19.3 Å². The fourth-order valence-electron chi connectivity index (χ4n) is 11.5. The summed E-state index contributed by atoms with van der Waals surface area (Å²) in [7, 11) is 0. The Labute approximate surface area is 549 Å². The molecule has 1 unspecified atom stereocenters. The second kappa shape index (κ2) is 39.1. The first-order valence-electron chi connectivity index (χ1n) is 35.9. The van der Waals surface area contributed by atoms with Gasteiger partial charge in [0.15, 0.2) is 0 Å². The number of aliphatic hydroxyl groups is 1. The van der Waals surface area contributed by atoms with E-state index in [9.17, 15) is 5.11 Å². The summed E-state index contributed by atoms with van der Waals surface area (Å²) in [6, 6.07) is 0. The van der Waals surface area contributed by atoms with Crippen molar-refractivity contribution in [2.45, 2.75) is 164 Å². The van der Waals surface area contributed by atoms with Crippen LogP contribution < -0.4 is 0 Å². The molecule has 11 rings (SSSR count). The van der Waals surface area contributed by atoms with Gasteiger partial charge in [-0.2, -0.15) is 0 Å². The Bertz CT molecular complexity index is 1750. The molecule has 10 saturated heterocycles. The molecule has 1 atom stereocenters. The predicted octanol–water partition coefficient (Wildman–Crippen LogP) is 9.24. The third-order valence-electron chi connectivity index (χ3n) is 21.8. The van der Waals surface area contributed by atoms with E-state index in [0.717, 1.165) is 262 Å². The summed E-state index contributed by atoms with van der Waals surface area (Å²) in [6.07, 6.45) is 14.7. The number of hydrogen-bond donors (Lipinski definition) is 1. The fraction of sp³-hybridized carbons (Fsp3) is 1.00. The van der Waals surface area contributed by atoms with Gasteiger partial charge >= 0.3 is 0 Å². The van der Waals surface area contributed by atoms with Gasteiger partial charge in [-0.05, 0) is 89.4 Å². The highest BCUT2D eigenvalue weighted by Gasteiger charge is 2.44. The van der Waals surface area contributed by atoms with Gasteiger partial charge in [0.05, 0.1) is 218 Å². The van der Waals surface area contributed by atoms with E-state index in [1.54, 1.807) is 0 Å². The van der Waals surface area contributed by atoms with Crippen LogP contribution in [0.15, 0.2) is 0 Å². The molecule has 10 heterocycles. The molecule has 11 fully saturated rings. The van der Waals surface area contributed by atoms with Crippen LogP contribution in [0.1, 0.15) is 146 Å². The molecule has 1 aliphatic carbocycles. The highest BCUT2D eigenvalue weighted by atomic mass is 16.6. The summed E-state index contributed by atoms with van der Waals surface area (Å²) >= 11 is 0. The maximum Gasteiger partial charge on any atom is 0.104 e. The molecule has 534 valence electrons. The first kappa shape index (κ1) is 77.6. The minimum absolute atomic E-state index is 0.0426. The quantitative estimate of drug-likeness (QED) is 0.0446. The van der Waals surface area contributed by atoms with Crippen LogP contribution in [0.3, 0.4) is 0 Å². The minimum atomic E-state index is -0.556. The van der Waals surface area contributed by atoms with Gasteiger partial charge < -0.3 is 95.1 Å². The molecular formula is C71H130O20. The molecule has 0 aromatic carbocycles. The third-order valence-corrected chi connectivity index (χ3v) is 21.8. The first-order valence-corrected chi connectivity index (χ1v) is 35.9.